The Morgan fingerprint density at radius 2 is 1.96 bits per heavy atom. The van der Waals surface area contributed by atoms with Crippen molar-refractivity contribution in [3.8, 4) is 0 Å². The SMILES string of the molecule is CC(C)CCn1c(SCC(=O)NCc2ccccn2)nc2ccccc2c1=O. The summed E-state index contributed by atoms with van der Waals surface area (Å²) >= 11 is 1.29. The third-order valence-electron chi connectivity index (χ3n) is 4.28. The second-order valence-corrected chi connectivity index (χ2v) is 7.88. The Morgan fingerprint density at radius 3 is 2.71 bits per heavy atom. The molecule has 7 heteroatoms. The molecule has 0 bridgehead atoms. The van der Waals surface area contributed by atoms with Crippen LogP contribution >= 0.6 is 11.8 Å². The maximum absolute atomic E-state index is 12.9. The Morgan fingerprint density at radius 1 is 1.18 bits per heavy atom. The molecule has 3 aromatic rings. The first-order valence-corrected chi connectivity index (χ1v) is 10.3. The summed E-state index contributed by atoms with van der Waals surface area (Å²) in [4.78, 5) is 34.0. The maximum atomic E-state index is 12.9. The van der Waals surface area contributed by atoms with Crippen LogP contribution < -0.4 is 10.9 Å². The van der Waals surface area contributed by atoms with E-state index >= 15 is 0 Å². The minimum absolute atomic E-state index is 0.0531. The van der Waals surface area contributed by atoms with Gasteiger partial charge in [-0.1, -0.05) is 43.8 Å². The number of carbonyl (C=O) groups is 1. The number of rotatable bonds is 8. The molecule has 1 amide bonds. The molecule has 6 nitrogen and oxygen atoms in total. The Hall–Kier alpha value is -2.67. The van der Waals surface area contributed by atoms with E-state index in [1.54, 1.807) is 16.8 Å². The van der Waals surface area contributed by atoms with Crippen molar-refractivity contribution in [2.45, 2.75) is 38.5 Å². The molecule has 0 spiro atoms. The fourth-order valence-electron chi connectivity index (χ4n) is 2.72. The zero-order valence-corrected chi connectivity index (χ0v) is 16.9. The summed E-state index contributed by atoms with van der Waals surface area (Å²) in [5.74, 6) is 0.547. The van der Waals surface area contributed by atoms with Gasteiger partial charge in [0.15, 0.2) is 5.16 Å². The minimum Gasteiger partial charge on any atom is -0.350 e. The molecule has 146 valence electrons. The first kappa shape index (κ1) is 20.1. The quantitative estimate of drug-likeness (QED) is 0.467. The summed E-state index contributed by atoms with van der Waals surface area (Å²) in [5.41, 5.74) is 1.41. The van der Waals surface area contributed by atoms with Crippen LogP contribution in [0.15, 0.2) is 58.6 Å². The molecule has 0 saturated heterocycles. The van der Waals surface area contributed by atoms with Crippen molar-refractivity contribution in [1.29, 1.82) is 0 Å². The third kappa shape index (κ3) is 5.19. The minimum atomic E-state index is -0.117. The Kier molecular flexibility index (Phi) is 6.81. The summed E-state index contributed by atoms with van der Waals surface area (Å²) in [7, 11) is 0. The molecular weight excluding hydrogens is 372 g/mol. The number of hydrogen-bond donors (Lipinski definition) is 1. The van der Waals surface area contributed by atoms with Gasteiger partial charge in [-0.15, -0.1) is 0 Å². The van der Waals surface area contributed by atoms with Gasteiger partial charge in [-0.3, -0.25) is 19.1 Å². The number of pyridine rings is 1. The first-order chi connectivity index (χ1) is 13.5. The number of benzene rings is 1. The van der Waals surface area contributed by atoms with Crippen molar-refractivity contribution < 1.29 is 4.79 Å². The number of thioether (sulfide) groups is 1. The zero-order chi connectivity index (χ0) is 19.9. The summed E-state index contributed by atoms with van der Waals surface area (Å²) in [6, 6.07) is 12.9. The second-order valence-electron chi connectivity index (χ2n) is 6.94. The van der Waals surface area contributed by atoms with Gasteiger partial charge in [0.05, 0.1) is 28.9 Å². The van der Waals surface area contributed by atoms with Crippen LogP contribution in [0, 0.1) is 5.92 Å². The van der Waals surface area contributed by atoms with Crippen LogP contribution in [0.25, 0.3) is 10.9 Å². The summed E-state index contributed by atoms with van der Waals surface area (Å²) in [5, 5.41) is 4.04. The number of hydrogen-bond acceptors (Lipinski definition) is 5. The second kappa shape index (κ2) is 9.50. The average Bonchev–Trinajstić information content (AvgIpc) is 2.71. The highest BCUT2D eigenvalue weighted by molar-refractivity contribution is 7.99. The van der Waals surface area contributed by atoms with E-state index in [9.17, 15) is 9.59 Å². The van der Waals surface area contributed by atoms with E-state index < -0.39 is 0 Å². The van der Waals surface area contributed by atoms with Crippen molar-refractivity contribution in [1.82, 2.24) is 19.9 Å². The van der Waals surface area contributed by atoms with Crippen LogP contribution in [0.5, 0.6) is 0 Å². The summed E-state index contributed by atoms with van der Waals surface area (Å²) in [6.45, 7) is 5.21. The summed E-state index contributed by atoms with van der Waals surface area (Å²) in [6.07, 6.45) is 2.57. The smallest absolute Gasteiger partial charge is 0.262 e. The van der Waals surface area contributed by atoms with Gasteiger partial charge in [0.25, 0.3) is 5.56 Å². The van der Waals surface area contributed by atoms with E-state index in [1.165, 1.54) is 11.8 Å². The van der Waals surface area contributed by atoms with Gasteiger partial charge in [-0.25, -0.2) is 4.98 Å². The van der Waals surface area contributed by atoms with E-state index in [0.29, 0.717) is 35.1 Å². The zero-order valence-electron chi connectivity index (χ0n) is 16.1. The Bertz CT molecular complexity index is 1000. The van der Waals surface area contributed by atoms with Crippen molar-refractivity contribution in [2.24, 2.45) is 5.92 Å². The van der Waals surface area contributed by atoms with Crippen LogP contribution in [-0.4, -0.2) is 26.2 Å². The molecule has 0 saturated carbocycles. The molecule has 0 aliphatic heterocycles. The highest BCUT2D eigenvalue weighted by Gasteiger charge is 2.13. The van der Waals surface area contributed by atoms with Crippen LogP contribution in [-0.2, 0) is 17.9 Å². The predicted octanol–water partition coefficient (Wildman–Crippen LogP) is 3.25. The van der Waals surface area contributed by atoms with Gasteiger partial charge in [0, 0.05) is 12.7 Å². The van der Waals surface area contributed by atoms with Gasteiger partial charge >= 0.3 is 0 Å². The number of nitrogens with zero attached hydrogens (tertiary/aromatic N) is 3. The van der Waals surface area contributed by atoms with Gasteiger partial charge in [-0.2, -0.15) is 0 Å². The molecule has 2 heterocycles. The van der Waals surface area contributed by atoms with Crippen molar-refractivity contribution in [3.05, 3.63) is 64.7 Å². The molecule has 0 radical (unpaired) electrons. The standard InChI is InChI=1S/C21H24N4O2S/c1-15(2)10-12-25-20(27)17-8-3-4-9-18(17)24-21(25)28-14-19(26)23-13-16-7-5-6-11-22-16/h3-9,11,15H,10,12-14H2,1-2H3,(H,23,26). The molecule has 3 rings (SSSR count). The van der Waals surface area contributed by atoms with E-state index in [0.717, 1.165) is 12.1 Å². The highest BCUT2D eigenvalue weighted by atomic mass is 32.2. The van der Waals surface area contributed by atoms with Crippen LogP contribution in [0.3, 0.4) is 0 Å². The number of fused-ring (bicyclic) bond motifs is 1. The molecule has 0 unspecified atom stereocenters. The largest absolute Gasteiger partial charge is 0.350 e. The average molecular weight is 397 g/mol. The lowest BCUT2D eigenvalue weighted by molar-refractivity contribution is -0.118. The molecule has 28 heavy (non-hydrogen) atoms. The molecule has 0 fully saturated rings. The number of carbonyl (C=O) groups excluding carboxylic acids is 1. The molecule has 1 N–H and O–H groups in total. The van der Waals surface area contributed by atoms with E-state index in [-0.39, 0.29) is 17.2 Å². The maximum Gasteiger partial charge on any atom is 0.262 e. The van der Waals surface area contributed by atoms with Gasteiger partial charge in [0.1, 0.15) is 0 Å². The fraction of sp³-hybridized carbons (Fsp3) is 0.333. The lowest BCUT2D eigenvalue weighted by Crippen LogP contribution is -2.27. The topological polar surface area (TPSA) is 76.9 Å². The Balaban J connectivity index is 1.74. The third-order valence-corrected chi connectivity index (χ3v) is 5.26. The molecule has 0 aliphatic carbocycles. The Labute approximate surface area is 168 Å². The molecule has 0 atom stereocenters. The number of amides is 1. The molecule has 0 aliphatic rings. The van der Waals surface area contributed by atoms with E-state index in [1.807, 2.05) is 36.4 Å². The van der Waals surface area contributed by atoms with Crippen molar-refractivity contribution in [3.63, 3.8) is 0 Å². The highest BCUT2D eigenvalue weighted by Crippen LogP contribution is 2.18. The van der Waals surface area contributed by atoms with Crippen LogP contribution in [0.4, 0.5) is 0 Å². The number of aromatic nitrogens is 3. The van der Waals surface area contributed by atoms with E-state index in [2.05, 4.69) is 29.1 Å². The van der Waals surface area contributed by atoms with Crippen LogP contribution in [0.2, 0.25) is 0 Å². The van der Waals surface area contributed by atoms with Gasteiger partial charge in [-0.05, 0) is 36.6 Å². The normalized spacial score (nSPS) is 11.1. The molecule has 2 aromatic heterocycles. The van der Waals surface area contributed by atoms with Gasteiger partial charge in [0.2, 0.25) is 5.91 Å². The number of nitrogens with one attached hydrogen (secondary N) is 1. The lowest BCUT2D eigenvalue weighted by atomic mass is 10.1. The summed E-state index contributed by atoms with van der Waals surface area (Å²) < 4.78 is 1.69. The lowest BCUT2D eigenvalue weighted by Gasteiger charge is -2.14. The number of para-hydroxylation sites is 1. The van der Waals surface area contributed by atoms with Crippen molar-refractivity contribution in [2.75, 3.05) is 5.75 Å². The molecular formula is C21H24N4O2S. The van der Waals surface area contributed by atoms with Crippen LogP contribution in [0.1, 0.15) is 26.0 Å². The van der Waals surface area contributed by atoms with Gasteiger partial charge < -0.3 is 5.32 Å². The first-order valence-electron chi connectivity index (χ1n) is 9.33. The fourth-order valence-corrected chi connectivity index (χ4v) is 3.57. The van der Waals surface area contributed by atoms with E-state index in [4.69, 9.17) is 0 Å². The van der Waals surface area contributed by atoms with Crippen molar-refractivity contribution >= 4 is 28.6 Å². The molecule has 1 aromatic carbocycles. The monoisotopic (exact) mass is 396 g/mol. The predicted molar refractivity (Wildman–Crippen MR) is 112 cm³/mol.